The Morgan fingerprint density at radius 1 is 1.16 bits per heavy atom. The van der Waals surface area contributed by atoms with Crippen LogP contribution in [0.3, 0.4) is 0 Å². The van der Waals surface area contributed by atoms with Crippen molar-refractivity contribution in [2.24, 2.45) is 0 Å². The van der Waals surface area contributed by atoms with Crippen LogP contribution < -0.4 is 16.3 Å². The Morgan fingerprint density at radius 3 is 2.64 bits per heavy atom. The van der Waals surface area contributed by atoms with Crippen molar-refractivity contribution in [2.45, 2.75) is 12.7 Å². The SMILES string of the molecule is O=C(NCc1ccc(C(F)(F)F)nc1)Nc1cccc2[nH]c(=O)[nH]c12. The van der Waals surface area contributed by atoms with Gasteiger partial charge in [0, 0.05) is 12.7 Å². The molecule has 2 amide bonds. The number of pyridine rings is 1. The van der Waals surface area contributed by atoms with Crippen LogP contribution in [0.1, 0.15) is 11.3 Å². The lowest BCUT2D eigenvalue weighted by Crippen LogP contribution is -2.28. The van der Waals surface area contributed by atoms with Crippen molar-refractivity contribution < 1.29 is 18.0 Å². The summed E-state index contributed by atoms with van der Waals surface area (Å²) in [6.45, 7) is -0.00337. The molecule has 0 spiro atoms. The van der Waals surface area contributed by atoms with Gasteiger partial charge in [0.05, 0.1) is 16.7 Å². The molecule has 0 unspecified atom stereocenters. The van der Waals surface area contributed by atoms with Crippen molar-refractivity contribution >= 4 is 22.8 Å². The number of imidazole rings is 1. The predicted octanol–water partition coefficient (Wildman–Crippen LogP) is 2.59. The Kier molecular flexibility index (Phi) is 4.17. The summed E-state index contributed by atoms with van der Waals surface area (Å²) < 4.78 is 37.3. The maximum absolute atomic E-state index is 12.4. The highest BCUT2D eigenvalue weighted by molar-refractivity contribution is 5.98. The summed E-state index contributed by atoms with van der Waals surface area (Å²) in [7, 11) is 0. The van der Waals surface area contributed by atoms with Crippen LogP contribution in [0.15, 0.2) is 41.3 Å². The van der Waals surface area contributed by atoms with Crippen LogP contribution in [0.2, 0.25) is 0 Å². The fourth-order valence-corrected chi connectivity index (χ4v) is 2.21. The van der Waals surface area contributed by atoms with Crippen molar-refractivity contribution in [2.75, 3.05) is 5.32 Å². The number of H-pyrrole nitrogens is 2. The number of carbonyl (C=O) groups excluding carboxylic acids is 1. The van der Waals surface area contributed by atoms with Gasteiger partial charge in [0.15, 0.2) is 0 Å². The second-order valence-corrected chi connectivity index (χ2v) is 5.16. The van der Waals surface area contributed by atoms with Gasteiger partial charge in [0.1, 0.15) is 5.69 Å². The third kappa shape index (κ3) is 3.79. The summed E-state index contributed by atoms with van der Waals surface area (Å²) in [6, 6.07) is 6.44. The molecular weight excluding hydrogens is 339 g/mol. The summed E-state index contributed by atoms with van der Waals surface area (Å²) in [5.41, 5.74) is 0.383. The Balaban J connectivity index is 1.64. The molecule has 3 rings (SSSR count). The summed E-state index contributed by atoms with van der Waals surface area (Å²) in [5, 5.41) is 5.07. The number of nitrogens with zero attached hydrogens (tertiary/aromatic N) is 1. The maximum Gasteiger partial charge on any atom is 0.433 e. The number of aromatic amines is 2. The van der Waals surface area contributed by atoms with Gasteiger partial charge in [-0.2, -0.15) is 13.2 Å². The lowest BCUT2D eigenvalue weighted by atomic mass is 10.2. The minimum atomic E-state index is -4.50. The zero-order valence-corrected chi connectivity index (χ0v) is 12.6. The fourth-order valence-electron chi connectivity index (χ4n) is 2.21. The number of rotatable bonds is 3. The minimum Gasteiger partial charge on any atom is -0.334 e. The molecule has 0 aliphatic carbocycles. The first-order valence-electron chi connectivity index (χ1n) is 7.11. The summed E-state index contributed by atoms with van der Waals surface area (Å²) in [6.07, 6.45) is -3.46. The van der Waals surface area contributed by atoms with Gasteiger partial charge in [-0.3, -0.25) is 4.98 Å². The quantitative estimate of drug-likeness (QED) is 0.583. The maximum atomic E-state index is 12.4. The molecule has 3 aromatic rings. The van der Waals surface area contributed by atoms with Crippen molar-refractivity contribution in [3.8, 4) is 0 Å². The molecule has 0 aliphatic heterocycles. The largest absolute Gasteiger partial charge is 0.433 e. The van der Waals surface area contributed by atoms with E-state index in [1.807, 2.05) is 0 Å². The van der Waals surface area contributed by atoms with Crippen molar-refractivity contribution in [1.29, 1.82) is 0 Å². The van der Waals surface area contributed by atoms with Gasteiger partial charge in [-0.1, -0.05) is 12.1 Å². The molecule has 0 saturated carbocycles. The number of nitrogens with one attached hydrogen (secondary N) is 4. The van der Waals surface area contributed by atoms with Gasteiger partial charge >= 0.3 is 17.9 Å². The van der Waals surface area contributed by atoms with Crippen molar-refractivity contribution in [3.05, 3.63) is 58.3 Å². The Bertz CT molecular complexity index is 960. The molecule has 10 heteroatoms. The van der Waals surface area contributed by atoms with E-state index in [4.69, 9.17) is 0 Å². The number of hydrogen-bond donors (Lipinski definition) is 4. The van der Waals surface area contributed by atoms with Crippen LogP contribution in [0.5, 0.6) is 0 Å². The van der Waals surface area contributed by atoms with E-state index in [1.165, 1.54) is 6.07 Å². The van der Waals surface area contributed by atoms with Crippen LogP contribution in [0.4, 0.5) is 23.7 Å². The number of carbonyl (C=O) groups is 1. The molecule has 130 valence electrons. The summed E-state index contributed by atoms with van der Waals surface area (Å²) in [4.78, 5) is 31.7. The number of benzene rings is 1. The average Bonchev–Trinajstić information content (AvgIpc) is 2.94. The highest BCUT2D eigenvalue weighted by Crippen LogP contribution is 2.27. The number of urea groups is 1. The number of anilines is 1. The molecule has 25 heavy (non-hydrogen) atoms. The van der Waals surface area contributed by atoms with Gasteiger partial charge in [-0.25, -0.2) is 9.59 Å². The number of hydrogen-bond acceptors (Lipinski definition) is 3. The first-order valence-corrected chi connectivity index (χ1v) is 7.11. The first kappa shape index (κ1) is 16.6. The van der Waals surface area contributed by atoms with Crippen molar-refractivity contribution in [1.82, 2.24) is 20.3 Å². The van der Waals surface area contributed by atoms with Crippen molar-refractivity contribution in [3.63, 3.8) is 0 Å². The van der Waals surface area contributed by atoms with E-state index >= 15 is 0 Å². The topological polar surface area (TPSA) is 103 Å². The van der Waals surface area contributed by atoms with Crippen LogP contribution in [-0.4, -0.2) is 21.0 Å². The van der Waals surface area contributed by atoms with E-state index in [-0.39, 0.29) is 6.54 Å². The molecule has 0 bridgehead atoms. The molecule has 0 aliphatic rings. The number of amides is 2. The Labute approximate surface area is 138 Å². The van der Waals surface area contributed by atoms with E-state index < -0.39 is 23.6 Å². The smallest absolute Gasteiger partial charge is 0.334 e. The van der Waals surface area contributed by atoms with Crippen LogP contribution in [0.25, 0.3) is 11.0 Å². The van der Waals surface area contributed by atoms with Crippen LogP contribution in [-0.2, 0) is 12.7 Å². The lowest BCUT2D eigenvalue weighted by molar-refractivity contribution is -0.141. The molecule has 0 saturated heterocycles. The van der Waals surface area contributed by atoms with Gasteiger partial charge in [0.25, 0.3) is 0 Å². The molecule has 0 fully saturated rings. The standard InChI is InChI=1S/C15H12F3N5O2/c16-15(17,18)11-5-4-8(6-19-11)7-20-13(24)21-9-2-1-3-10-12(9)23-14(25)22-10/h1-6H,7H2,(H2,20,21,24)(H2,22,23,25). The van der Waals surface area contributed by atoms with Gasteiger partial charge in [-0.15, -0.1) is 0 Å². The van der Waals surface area contributed by atoms with E-state index in [2.05, 4.69) is 25.6 Å². The van der Waals surface area contributed by atoms with Gasteiger partial charge in [-0.05, 0) is 23.8 Å². The van der Waals surface area contributed by atoms with E-state index in [0.717, 1.165) is 12.3 Å². The molecule has 0 atom stereocenters. The molecule has 2 aromatic heterocycles. The van der Waals surface area contributed by atoms with Crippen LogP contribution >= 0.6 is 0 Å². The first-order chi connectivity index (χ1) is 11.8. The summed E-state index contributed by atoms with van der Waals surface area (Å²) in [5.74, 6) is 0. The molecule has 2 heterocycles. The Morgan fingerprint density at radius 2 is 1.96 bits per heavy atom. The second-order valence-electron chi connectivity index (χ2n) is 5.16. The highest BCUT2D eigenvalue weighted by atomic mass is 19.4. The van der Waals surface area contributed by atoms with E-state index in [1.54, 1.807) is 18.2 Å². The molecule has 7 nitrogen and oxygen atoms in total. The monoisotopic (exact) mass is 351 g/mol. The van der Waals surface area contributed by atoms with Gasteiger partial charge < -0.3 is 20.6 Å². The average molecular weight is 351 g/mol. The van der Waals surface area contributed by atoms with E-state index in [9.17, 15) is 22.8 Å². The molecular formula is C15H12F3N5O2. The third-order valence-corrected chi connectivity index (χ3v) is 3.37. The number of aromatic nitrogens is 3. The molecule has 0 radical (unpaired) electrons. The van der Waals surface area contributed by atoms with Crippen LogP contribution in [0, 0.1) is 0 Å². The number of alkyl halides is 3. The van der Waals surface area contributed by atoms with E-state index in [0.29, 0.717) is 22.3 Å². The number of halogens is 3. The number of fused-ring (bicyclic) bond motifs is 1. The second kappa shape index (κ2) is 6.30. The minimum absolute atomic E-state index is 0.00337. The molecule has 1 aromatic carbocycles. The highest BCUT2D eigenvalue weighted by Gasteiger charge is 2.31. The Hall–Kier alpha value is -3.30. The normalized spacial score (nSPS) is 11.5. The van der Waals surface area contributed by atoms with Gasteiger partial charge in [0.2, 0.25) is 0 Å². The zero-order chi connectivity index (χ0) is 18.0. The number of para-hydroxylation sites is 1. The zero-order valence-electron chi connectivity index (χ0n) is 12.6. The fraction of sp³-hybridized carbons (Fsp3) is 0.133. The molecule has 4 N–H and O–H groups in total. The summed E-state index contributed by atoms with van der Waals surface area (Å²) >= 11 is 0. The third-order valence-electron chi connectivity index (χ3n) is 3.37. The predicted molar refractivity (Wildman–Crippen MR) is 84.0 cm³/mol. The lowest BCUT2D eigenvalue weighted by Gasteiger charge is -2.09.